The Morgan fingerprint density at radius 2 is 1.15 bits per heavy atom. The van der Waals surface area contributed by atoms with Crippen molar-refractivity contribution in [3.63, 3.8) is 0 Å². The van der Waals surface area contributed by atoms with E-state index in [2.05, 4.69) is 4.74 Å². The van der Waals surface area contributed by atoms with E-state index in [1.165, 1.54) is 64.9 Å². The van der Waals surface area contributed by atoms with E-state index < -0.39 is 0 Å². The fourth-order valence-electron chi connectivity index (χ4n) is 2.34. The lowest BCUT2D eigenvalue weighted by molar-refractivity contribution is -0.140. The molecule has 0 aliphatic carbocycles. The molecule has 0 fully saturated rings. The summed E-state index contributed by atoms with van der Waals surface area (Å²) >= 11 is 0. The van der Waals surface area contributed by atoms with Gasteiger partial charge in [-0.15, -0.1) is 0 Å². The van der Waals surface area contributed by atoms with Crippen LogP contribution in [0.25, 0.3) is 0 Å². The van der Waals surface area contributed by atoms with Crippen LogP contribution in [0.1, 0.15) is 89.9 Å². The van der Waals surface area contributed by atoms with Crippen molar-refractivity contribution in [2.45, 2.75) is 89.9 Å². The van der Waals surface area contributed by atoms with Crippen molar-refractivity contribution in [1.82, 2.24) is 0 Å². The molecule has 0 unspecified atom stereocenters. The van der Waals surface area contributed by atoms with Gasteiger partial charge in [0, 0.05) is 12.8 Å². The Hall–Kier alpha value is -0.860. The minimum atomic E-state index is -0.0870. The summed E-state index contributed by atoms with van der Waals surface area (Å²) in [6, 6.07) is 0. The number of esters is 1. The molecule has 3 heteroatoms. The third-order valence-corrected chi connectivity index (χ3v) is 3.64. The smallest absolute Gasteiger partial charge is 0.305 e. The summed E-state index contributed by atoms with van der Waals surface area (Å²) in [7, 11) is 1.45. The molecule has 0 atom stereocenters. The topological polar surface area (TPSA) is 43.4 Å². The quantitative estimate of drug-likeness (QED) is 0.322. The zero-order chi connectivity index (χ0) is 14.9. The first kappa shape index (κ1) is 19.1. The molecule has 20 heavy (non-hydrogen) atoms. The van der Waals surface area contributed by atoms with E-state index in [-0.39, 0.29) is 5.97 Å². The minimum absolute atomic E-state index is 0.0870. The molecular weight excluding hydrogens is 252 g/mol. The second kappa shape index (κ2) is 16.2. The van der Waals surface area contributed by atoms with Crippen molar-refractivity contribution < 1.29 is 14.3 Å². The number of rotatable bonds is 15. The molecule has 0 heterocycles. The van der Waals surface area contributed by atoms with Crippen molar-refractivity contribution in [2.75, 3.05) is 7.11 Å². The molecule has 0 spiro atoms. The highest BCUT2D eigenvalue weighted by molar-refractivity contribution is 5.68. The standard InChI is InChI=1S/C17H31O3/c1-20-17(19)15-13-11-9-7-5-3-2-4-6-8-10-12-14-16-18/h2-15H2,1H3. The Balaban J connectivity index is 2.99. The van der Waals surface area contributed by atoms with E-state index in [1.54, 1.807) is 0 Å². The summed E-state index contributed by atoms with van der Waals surface area (Å²) in [5.74, 6) is -0.0870. The van der Waals surface area contributed by atoms with Crippen LogP contribution in [0.15, 0.2) is 0 Å². The number of ether oxygens (including phenoxy) is 1. The highest BCUT2D eigenvalue weighted by Gasteiger charge is 1.99. The molecular formula is C17H31O3. The SMILES string of the molecule is COC(=O)CCCCCCCCCCCCCC[C]=O. The van der Waals surface area contributed by atoms with Crippen LogP contribution in [0.2, 0.25) is 0 Å². The average molecular weight is 283 g/mol. The highest BCUT2D eigenvalue weighted by atomic mass is 16.5. The lowest BCUT2D eigenvalue weighted by atomic mass is 10.0. The molecule has 0 aromatic heterocycles. The maximum atomic E-state index is 10.9. The van der Waals surface area contributed by atoms with Gasteiger partial charge in [-0.3, -0.25) is 9.59 Å². The lowest BCUT2D eigenvalue weighted by Gasteiger charge is -2.02. The van der Waals surface area contributed by atoms with Gasteiger partial charge in [-0.2, -0.15) is 0 Å². The number of methoxy groups -OCH3 is 1. The number of hydrogen-bond acceptors (Lipinski definition) is 3. The normalized spacial score (nSPS) is 10.4. The van der Waals surface area contributed by atoms with Gasteiger partial charge in [0.15, 0.2) is 6.29 Å². The largest absolute Gasteiger partial charge is 0.469 e. The number of hydrogen-bond donors (Lipinski definition) is 0. The van der Waals surface area contributed by atoms with E-state index in [9.17, 15) is 9.59 Å². The van der Waals surface area contributed by atoms with Crippen LogP contribution in [-0.4, -0.2) is 19.4 Å². The Morgan fingerprint density at radius 3 is 1.55 bits per heavy atom. The molecule has 0 aliphatic rings. The van der Waals surface area contributed by atoms with Crippen molar-refractivity contribution in [1.29, 1.82) is 0 Å². The molecule has 0 saturated carbocycles. The van der Waals surface area contributed by atoms with Gasteiger partial charge < -0.3 is 4.74 Å². The average Bonchev–Trinajstić information content (AvgIpc) is 2.47. The van der Waals surface area contributed by atoms with Crippen LogP contribution >= 0.6 is 0 Å². The van der Waals surface area contributed by atoms with Gasteiger partial charge >= 0.3 is 5.97 Å². The number of carbonyl (C=O) groups is 1. The van der Waals surface area contributed by atoms with Crippen LogP contribution in [0.5, 0.6) is 0 Å². The summed E-state index contributed by atoms with van der Waals surface area (Å²) < 4.78 is 4.61. The van der Waals surface area contributed by atoms with Gasteiger partial charge in [0.05, 0.1) is 7.11 Å². The fourth-order valence-corrected chi connectivity index (χ4v) is 2.34. The second-order valence-electron chi connectivity index (χ2n) is 5.46. The van der Waals surface area contributed by atoms with Crippen LogP contribution in [-0.2, 0) is 14.3 Å². The van der Waals surface area contributed by atoms with Gasteiger partial charge in [-0.25, -0.2) is 0 Å². The summed E-state index contributed by atoms with van der Waals surface area (Å²) in [5, 5.41) is 0. The Kier molecular flexibility index (Phi) is 15.5. The first-order chi connectivity index (χ1) is 9.81. The van der Waals surface area contributed by atoms with E-state index in [0.717, 1.165) is 19.3 Å². The van der Waals surface area contributed by atoms with Crippen LogP contribution in [0.4, 0.5) is 0 Å². The van der Waals surface area contributed by atoms with Gasteiger partial charge in [0.1, 0.15) is 0 Å². The predicted molar refractivity (Wildman–Crippen MR) is 82.3 cm³/mol. The van der Waals surface area contributed by atoms with Crippen molar-refractivity contribution in [2.24, 2.45) is 0 Å². The fraction of sp³-hybridized carbons (Fsp3) is 0.882. The molecule has 0 saturated heterocycles. The van der Waals surface area contributed by atoms with Crippen molar-refractivity contribution in [3.05, 3.63) is 0 Å². The third-order valence-electron chi connectivity index (χ3n) is 3.64. The molecule has 0 aromatic carbocycles. The molecule has 0 rings (SSSR count). The van der Waals surface area contributed by atoms with Gasteiger partial charge in [-0.1, -0.05) is 64.2 Å². The lowest BCUT2D eigenvalue weighted by Crippen LogP contribution is -1.99. The molecule has 0 aliphatic heterocycles. The Labute approximate surface area is 124 Å². The molecule has 1 radical (unpaired) electrons. The molecule has 117 valence electrons. The Morgan fingerprint density at radius 1 is 0.750 bits per heavy atom. The Bertz CT molecular complexity index is 226. The summed E-state index contributed by atoms with van der Waals surface area (Å²) in [6.45, 7) is 0. The summed E-state index contributed by atoms with van der Waals surface area (Å²) in [5.41, 5.74) is 0. The van der Waals surface area contributed by atoms with E-state index in [0.29, 0.717) is 12.8 Å². The monoisotopic (exact) mass is 283 g/mol. The molecule has 3 nitrogen and oxygen atoms in total. The van der Waals surface area contributed by atoms with Gasteiger partial charge in [-0.05, 0) is 12.8 Å². The van der Waals surface area contributed by atoms with Crippen LogP contribution < -0.4 is 0 Å². The third kappa shape index (κ3) is 15.2. The van der Waals surface area contributed by atoms with Crippen molar-refractivity contribution >= 4 is 12.3 Å². The summed E-state index contributed by atoms with van der Waals surface area (Å²) in [4.78, 5) is 20.9. The van der Waals surface area contributed by atoms with Crippen molar-refractivity contribution in [3.8, 4) is 0 Å². The highest BCUT2D eigenvalue weighted by Crippen LogP contribution is 2.12. The van der Waals surface area contributed by atoms with Gasteiger partial charge in [0.25, 0.3) is 0 Å². The van der Waals surface area contributed by atoms with Crippen LogP contribution in [0, 0.1) is 0 Å². The number of carbonyl (C=O) groups excluding carboxylic acids is 2. The molecule has 0 bridgehead atoms. The zero-order valence-electron chi connectivity index (χ0n) is 13.1. The first-order valence-electron chi connectivity index (χ1n) is 8.23. The molecule has 0 amide bonds. The second-order valence-corrected chi connectivity index (χ2v) is 5.46. The molecule has 0 N–H and O–H groups in total. The van der Waals surface area contributed by atoms with E-state index in [1.807, 2.05) is 6.29 Å². The van der Waals surface area contributed by atoms with E-state index >= 15 is 0 Å². The first-order valence-corrected chi connectivity index (χ1v) is 8.23. The van der Waals surface area contributed by atoms with Gasteiger partial charge in [0.2, 0.25) is 0 Å². The predicted octanol–water partition coefficient (Wildman–Crippen LogP) is 4.73. The number of unbranched alkanes of at least 4 members (excludes halogenated alkanes) is 12. The van der Waals surface area contributed by atoms with Crippen LogP contribution in [0.3, 0.4) is 0 Å². The minimum Gasteiger partial charge on any atom is -0.469 e. The maximum Gasteiger partial charge on any atom is 0.305 e. The zero-order valence-corrected chi connectivity index (χ0v) is 13.1. The maximum absolute atomic E-state index is 10.9. The summed E-state index contributed by atoms with van der Waals surface area (Å²) in [6.07, 6.45) is 17.8. The van der Waals surface area contributed by atoms with E-state index in [4.69, 9.17) is 0 Å². The molecule has 0 aromatic rings.